The smallest absolute Gasteiger partial charge is 0.230 e. The number of carbonyl (C=O) groups is 1. The standard InChI is InChI=1S/C24H27N3O2S.ClH/c1-27-20(17-30-24(27)26-18-8-4-2-5-9-18)16-23(28)25-19-12-14-22(15-13-19)29-21-10-6-3-7-11-21;/h3,6-7,10-15,17-18H,2,4-5,8-9,16H2,1H3,(H,25,28);1H. The minimum absolute atomic E-state index is 0. The van der Waals surface area contributed by atoms with E-state index in [4.69, 9.17) is 9.73 Å². The number of hydrogen-bond donors (Lipinski definition) is 1. The van der Waals surface area contributed by atoms with Crippen LogP contribution < -0.4 is 14.9 Å². The molecule has 0 radical (unpaired) electrons. The molecule has 31 heavy (non-hydrogen) atoms. The average Bonchev–Trinajstić information content (AvgIpc) is 3.10. The number of hydrogen-bond acceptors (Lipinski definition) is 4. The fourth-order valence-electron chi connectivity index (χ4n) is 3.65. The van der Waals surface area contributed by atoms with Crippen molar-refractivity contribution < 1.29 is 9.53 Å². The van der Waals surface area contributed by atoms with Crippen molar-refractivity contribution in [2.75, 3.05) is 5.32 Å². The van der Waals surface area contributed by atoms with E-state index in [1.165, 1.54) is 32.1 Å². The number of anilines is 1. The van der Waals surface area contributed by atoms with Gasteiger partial charge in [0.1, 0.15) is 11.5 Å². The number of benzene rings is 2. The highest BCUT2D eigenvalue weighted by Crippen LogP contribution is 2.23. The van der Waals surface area contributed by atoms with Crippen molar-refractivity contribution in [3.8, 4) is 11.5 Å². The number of aromatic nitrogens is 1. The lowest BCUT2D eigenvalue weighted by Crippen LogP contribution is -2.22. The summed E-state index contributed by atoms with van der Waals surface area (Å²) in [5.74, 6) is 1.48. The Morgan fingerprint density at radius 2 is 1.74 bits per heavy atom. The zero-order valence-corrected chi connectivity index (χ0v) is 19.3. The van der Waals surface area contributed by atoms with Crippen molar-refractivity contribution in [2.45, 2.75) is 44.6 Å². The number of halogens is 1. The zero-order valence-electron chi connectivity index (χ0n) is 17.6. The maximum Gasteiger partial charge on any atom is 0.230 e. The molecule has 0 atom stereocenters. The van der Waals surface area contributed by atoms with Crippen molar-refractivity contribution >= 4 is 35.3 Å². The third kappa shape index (κ3) is 6.45. The van der Waals surface area contributed by atoms with Gasteiger partial charge in [0.05, 0.1) is 12.5 Å². The molecule has 4 rings (SSSR count). The molecule has 7 heteroatoms. The summed E-state index contributed by atoms with van der Waals surface area (Å²) in [6.07, 6.45) is 6.56. The van der Waals surface area contributed by atoms with E-state index in [0.717, 1.165) is 27.7 Å². The quantitative estimate of drug-likeness (QED) is 0.515. The lowest BCUT2D eigenvalue weighted by atomic mass is 9.96. The molecule has 164 valence electrons. The van der Waals surface area contributed by atoms with Crippen LogP contribution in [0.25, 0.3) is 0 Å². The Morgan fingerprint density at radius 3 is 2.45 bits per heavy atom. The third-order valence-corrected chi connectivity index (χ3v) is 6.32. The first kappa shape index (κ1) is 23.1. The van der Waals surface area contributed by atoms with Crippen molar-refractivity contribution in [1.29, 1.82) is 0 Å². The average molecular weight is 458 g/mol. The van der Waals surface area contributed by atoms with E-state index < -0.39 is 0 Å². The van der Waals surface area contributed by atoms with Gasteiger partial charge < -0.3 is 14.6 Å². The Hall–Kier alpha value is -2.57. The van der Waals surface area contributed by atoms with Crippen LogP contribution in [0, 0.1) is 0 Å². The highest BCUT2D eigenvalue weighted by molar-refractivity contribution is 7.07. The van der Waals surface area contributed by atoms with Gasteiger partial charge in [-0.3, -0.25) is 9.79 Å². The zero-order chi connectivity index (χ0) is 20.8. The minimum Gasteiger partial charge on any atom is -0.457 e. The molecule has 1 aliphatic rings. The first-order valence-electron chi connectivity index (χ1n) is 10.5. The predicted molar refractivity (Wildman–Crippen MR) is 128 cm³/mol. The fourth-order valence-corrected chi connectivity index (χ4v) is 4.61. The second-order valence-corrected chi connectivity index (χ2v) is 8.49. The normalized spacial score (nSPS) is 14.7. The van der Waals surface area contributed by atoms with Crippen LogP contribution in [0.1, 0.15) is 37.8 Å². The van der Waals surface area contributed by atoms with Crippen LogP contribution in [0.4, 0.5) is 5.69 Å². The van der Waals surface area contributed by atoms with Crippen molar-refractivity contribution in [3.05, 3.63) is 70.5 Å². The van der Waals surface area contributed by atoms with Crippen LogP contribution >= 0.6 is 23.7 Å². The number of ether oxygens (including phenoxy) is 1. The van der Waals surface area contributed by atoms with Gasteiger partial charge in [-0.15, -0.1) is 23.7 Å². The summed E-state index contributed by atoms with van der Waals surface area (Å²) in [5.41, 5.74) is 1.74. The number of nitrogens with zero attached hydrogens (tertiary/aromatic N) is 2. The van der Waals surface area contributed by atoms with Gasteiger partial charge in [-0.05, 0) is 49.2 Å². The summed E-state index contributed by atoms with van der Waals surface area (Å²) in [5, 5.41) is 5.01. The number of para-hydroxylation sites is 1. The van der Waals surface area contributed by atoms with Crippen LogP contribution in [-0.4, -0.2) is 16.5 Å². The molecule has 1 fully saturated rings. The van der Waals surface area contributed by atoms with E-state index in [9.17, 15) is 4.79 Å². The molecule has 5 nitrogen and oxygen atoms in total. The molecule has 1 heterocycles. The summed E-state index contributed by atoms with van der Waals surface area (Å²) in [6, 6.07) is 17.5. The molecule has 1 N–H and O–H groups in total. The fraction of sp³-hybridized carbons (Fsp3) is 0.333. The molecule has 0 unspecified atom stereocenters. The summed E-state index contributed by atoms with van der Waals surface area (Å²) in [6.45, 7) is 0. The van der Waals surface area contributed by atoms with Gasteiger partial charge >= 0.3 is 0 Å². The molecule has 2 aromatic carbocycles. The summed E-state index contributed by atoms with van der Waals surface area (Å²) in [4.78, 5) is 18.4. The van der Waals surface area contributed by atoms with Crippen LogP contribution in [0.5, 0.6) is 11.5 Å². The van der Waals surface area contributed by atoms with Crippen LogP contribution in [0.3, 0.4) is 0 Å². The molecule has 0 aliphatic heterocycles. The van der Waals surface area contributed by atoms with Gasteiger partial charge in [0.15, 0.2) is 4.80 Å². The topological polar surface area (TPSA) is 55.6 Å². The SMILES string of the molecule is Cl.Cn1c(CC(=O)Nc2ccc(Oc3ccccc3)cc2)csc1=NC1CCCCC1. The van der Waals surface area contributed by atoms with E-state index in [-0.39, 0.29) is 18.3 Å². The maximum atomic E-state index is 12.5. The largest absolute Gasteiger partial charge is 0.457 e. The van der Waals surface area contributed by atoms with E-state index in [0.29, 0.717) is 12.5 Å². The summed E-state index contributed by atoms with van der Waals surface area (Å²) in [7, 11) is 2.00. The molecule has 0 bridgehead atoms. The lowest BCUT2D eigenvalue weighted by Gasteiger charge is -2.16. The van der Waals surface area contributed by atoms with Gasteiger partial charge in [-0.1, -0.05) is 37.5 Å². The van der Waals surface area contributed by atoms with Gasteiger partial charge in [0.2, 0.25) is 5.91 Å². The van der Waals surface area contributed by atoms with E-state index >= 15 is 0 Å². The number of amides is 1. The Morgan fingerprint density at radius 1 is 1.06 bits per heavy atom. The highest BCUT2D eigenvalue weighted by atomic mass is 35.5. The Kier molecular flexibility index (Phi) is 8.32. The predicted octanol–water partition coefficient (Wildman–Crippen LogP) is 5.72. The van der Waals surface area contributed by atoms with Gasteiger partial charge in [0.25, 0.3) is 0 Å². The second kappa shape index (κ2) is 11.2. The Balaban J connectivity index is 0.00000272. The van der Waals surface area contributed by atoms with Gasteiger partial charge in [-0.2, -0.15) is 0 Å². The third-order valence-electron chi connectivity index (χ3n) is 5.34. The van der Waals surface area contributed by atoms with E-state index in [1.54, 1.807) is 11.3 Å². The first-order valence-corrected chi connectivity index (χ1v) is 11.4. The molecule has 1 amide bonds. The monoisotopic (exact) mass is 457 g/mol. The molecular weight excluding hydrogens is 430 g/mol. The number of thiazole rings is 1. The van der Waals surface area contributed by atoms with Crippen molar-refractivity contribution in [2.24, 2.45) is 12.0 Å². The molecule has 0 spiro atoms. The first-order chi connectivity index (χ1) is 14.7. The Bertz CT molecular complexity index is 1040. The maximum absolute atomic E-state index is 12.5. The van der Waals surface area contributed by atoms with Crippen molar-refractivity contribution in [1.82, 2.24) is 4.57 Å². The van der Waals surface area contributed by atoms with Gasteiger partial charge in [0, 0.05) is 23.8 Å². The Labute approximate surface area is 193 Å². The highest BCUT2D eigenvalue weighted by Gasteiger charge is 2.13. The van der Waals surface area contributed by atoms with Crippen LogP contribution in [0.2, 0.25) is 0 Å². The summed E-state index contributed by atoms with van der Waals surface area (Å²) < 4.78 is 7.84. The molecule has 1 aromatic heterocycles. The molecular formula is C24H28ClN3O2S. The lowest BCUT2D eigenvalue weighted by molar-refractivity contribution is -0.115. The molecule has 3 aromatic rings. The molecule has 1 aliphatic carbocycles. The summed E-state index contributed by atoms with van der Waals surface area (Å²) >= 11 is 1.62. The van der Waals surface area contributed by atoms with Gasteiger partial charge in [-0.25, -0.2) is 0 Å². The molecule has 0 saturated heterocycles. The van der Waals surface area contributed by atoms with Crippen molar-refractivity contribution in [3.63, 3.8) is 0 Å². The number of nitrogens with one attached hydrogen (secondary N) is 1. The van der Waals surface area contributed by atoms with Crippen LogP contribution in [0.15, 0.2) is 65.0 Å². The number of rotatable bonds is 6. The molecule has 1 saturated carbocycles. The van der Waals surface area contributed by atoms with Crippen LogP contribution in [-0.2, 0) is 18.3 Å². The van der Waals surface area contributed by atoms with E-state index in [2.05, 4.69) is 9.88 Å². The second-order valence-electron chi connectivity index (χ2n) is 7.65. The number of carbonyl (C=O) groups excluding carboxylic acids is 1. The van der Waals surface area contributed by atoms with E-state index in [1.807, 2.05) is 67.0 Å². The minimum atomic E-state index is -0.0376.